The first-order chi connectivity index (χ1) is 9.66. The van der Waals surface area contributed by atoms with Crippen LogP contribution in [-0.2, 0) is 14.8 Å². The summed E-state index contributed by atoms with van der Waals surface area (Å²) in [5, 5.41) is 5.13. The highest BCUT2D eigenvalue weighted by Crippen LogP contribution is 2.20. The van der Waals surface area contributed by atoms with Gasteiger partial charge in [0.2, 0.25) is 10.0 Å². The van der Waals surface area contributed by atoms with Crippen LogP contribution in [0.2, 0.25) is 0 Å². The SMILES string of the molecule is CCCC(C)COC(=O)c1cc(S(N)(=O)=O)cc(C)c1C. The topological polar surface area (TPSA) is 86.5 Å². The average Bonchev–Trinajstić information content (AvgIpc) is 2.38. The van der Waals surface area contributed by atoms with Crippen LogP contribution in [0.3, 0.4) is 0 Å². The Bertz CT molecular complexity index is 623. The van der Waals surface area contributed by atoms with Gasteiger partial charge in [-0.2, -0.15) is 0 Å². The molecule has 118 valence electrons. The number of carbonyl (C=O) groups excluding carboxylic acids is 1. The van der Waals surface area contributed by atoms with Gasteiger partial charge in [-0.25, -0.2) is 18.4 Å². The first-order valence-corrected chi connectivity index (χ1v) is 8.52. The molecule has 0 fully saturated rings. The zero-order chi connectivity index (χ0) is 16.2. The summed E-state index contributed by atoms with van der Waals surface area (Å²) in [6, 6.07) is 2.74. The van der Waals surface area contributed by atoms with Crippen molar-refractivity contribution in [2.45, 2.75) is 45.4 Å². The van der Waals surface area contributed by atoms with Crippen LogP contribution in [0.15, 0.2) is 17.0 Å². The van der Waals surface area contributed by atoms with Crippen LogP contribution in [0, 0.1) is 19.8 Å². The molecule has 5 nitrogen and oxygen atoms in total. The van der Waals surface area contributed by atoms with Crippen molar-refractivity contribution in [3.8, 4) is 0 Å². The van der Waals surface area contributed by atoms with E-state index in [0.717, 1.165) is 12.8 Å². The van der Waals surface area contributed by atoms with Gasteiger partial charge in [-0.05, 0) is 49.4 Å². The molecule has 0 aromatic heterocycles. The van der Waals surface area contributed by atoms with Gasteiger partial charge < -0.3 is 4.74 Å². The van der Waals surface area contributed by atoms with Crippen LogP contribution in [-0.4, -0.2) is 21.0 Å². The van der Waals surface area contributed by atoms with E-state index in [2.05, 4.69) is 6.92 Å². The zero-order valence-electron chi connectivity index (χ0n) is 13.0. The summed E-state index contributed by atoms with van der Waals surface area (Å²) in [4.78, 5) is 12.1. The molecule has 1 unspecified atom stereocenters. The van der Waals surface area contributed by atoms with Crippen molar-refractivity contribution in [2.24, 2.45) is 11.1 Å². The first kappa shape index (κ1) is 17.7. The van der Waals surface area contributed by atoms with Gasteiger partial charge in [-0.1, -0.05) is 20.3 Å². The molecule has 0 saturated heterocycles. The third kappa shape index (κ3) is 4.82. The lowest BCUT2D eigenvalue weighted by molar-refractivity contribution is 0.0442. The Morgan fingerprint density at radius 2 is 1.95 bits per heavy atom. The molecular weight excluding hydrogens is 290 g/mol. The number of ether oxygens (including phenoxy) is 1. The van der Waals surface area contributed by atoms with E-state index in [1.165, 1.54) is 12.1 Å². The summed E-state index contributed by atoms with van der Waals surface area (Å²) in [5.74, 6) is -0.231. The highest BCUT2D eigenvalue weighted by molar-refractivity contribution is 7.89. The number of hydrogen-bond donors (Lipinski definition) is 1. The Kier molecular flexibility index (Phi) is 5.92. The minimum Gasteiger partial charge on any atom is -0.462 e. The molecule has 1 aromatic rings. The highest BCUT2D eigenvalue weighted by atomic mass is 32.2. The summed E-state index contributed by atoms with van der Waals surface area (Å²) >= 11 is 0. The standard InChI is InChI=1S/C15H23NO4S/c1-5-6-10(2)9-20-15(17)14-8-13(21(16,18)19)7-11(3)12(14)4/h7-8,10H,5-6,9H2,1-4H3,(H2,16,18,19). The second-order valence-electron chi connectivity index (χ2n) is 5.45. The second kappa shape index (κ2) is 7.04. The van der Waals surface area contributed by atoms with Gasteiger partial charge in [0.05, 0.1) is 17.1 Å². The summed E-state index contributed by atoms with van der Waals surface area (Å²) < 4.78 is 28.2. The van der Waals surface area contributed by atoms with Gasteiger partial charge in [0, 0.05) is 0 Å². The van der Waals surface area contributed by atoms with Gasteiger partial charge in [0.15, 0.2) is 0 Å². The van der Waals surface area contributed by atoms with E-state index in [0.29, 0.717) is 17.7 Å². The highest BCUT2D eigenvalue weighted by Gasteiger charge is 2.18. The van der Waals surface area contributed by atoms with Crippen LogP contribution < -0.4 is 5.14 Å². The minimum absolute atomic E-state index is 0.0702. The van der Waals surface area contributed by atoms with Crippen LogP contribution in [0.25, 0.3) is 0 Å². The monoisotopic (exact) mass is 313 g/mol. The van der Waals surface area contributed by atoms with Crippen LogP contribution in [0.1, 0.15) is 48.2 Å². The molecule has 6 heteroatoms. The van der Waals surface area contributed by atoms with Crippen molar-refractivity contribution in [3.05, 3.63) is 28.8 Å². The quantitative estimate of drug-likeness (QED) is 0.818. The molecule has 1 aromatic carbocycles. The molecule has 0 saturated carbocycles. The van der Waals surface area contributed by atoms with Crippen molar-refractivity contribution >= 4 is 16.0 Å². The maximum absolute atomic E-state index is 12.1. The molecule has 0 aliphatic carbocycles. The average molecular weight is 313 g/mol. The van der Waals surface area contributed by atoms with Gasteiger partial charge in [0.1, 0.15) is 0 Å². The lowest BCUT2D eigenvalue weighted by Crippen LogP contribution is -2.17. The molecule has 0 aliphatic heterocycles. The molecule has 0 bridgehead atoms. The molecule has 0 radical (unpaired) electrons. The Hall–Kier alpha value is -1.40. The fraction of sp³-hybridized carbons (Fsp3) is 0.533. The Morgan fingerprint density at radius 3 is 2.48 bits per heavy atom. The number of primary sulfonamides is 1. The van der Waals surface area contributed by atoms with E-state index in [1.54, 1.807) is 13.8 Å². The number of aryl methyl sites for hydroxylation is 1. The third-order valence-electron chi connectivity index (χ3n) is 3.47. The van der Waals surface area contributed by atoms with E-state index >= 15 is 0 Å². The molecule has 0 spiro atoms. The fourth-order valence-electron chi connectivity index (χ4n) is 2.07. The summed E-state index contributed by atoms with van der Waals surface area (Å²) in [6.45, 7) is 7.90. The Balaban J connectivity index is 3.01. The van der Waals surface area contributed by atoms with E-state index in [9.17, 15) is 13.2 Å². The molecule has 1 atom stereocenters. The van der Waals surface area contributed by atoms with Crippen molar-refractivity contribution in [2.75, 3.05) is 6.61 Å². The number of esters is 1. The van der Waals surface area contributed by atoms with Crippen molar-refractivity contribution in [3.63, 3.8) is 0 Å². The van der Waals surface area contributed by atoms with Gasteiger partial charge in [-0.3, -0.25) is 0 Å². The van der Waals surface area contributed by atoms with Crippen molar-refractivity contribution < 1.29 is 17.9 Å². The van der Waals surface area contributed by atoms with Crippen LogP contribution in [0.5, 0.6) is 0 Å². The molecule has 0 heterocycles. The van der Waals surface area contributed by atoms with Crippen LogP contribution >= 0.6 is 0 Å². The third-order valence-corrected chi connectivity index (χ3v) is 4.36. The summed E-state index contributed by atoms with van der Waals surface area (Å²) in [5.41, 5.74) is 1.65. The molecule has 1 rings (SSSR count). The molecule has 0 amide bonds. The minimum atomic E-state index is -3.85. The largest absolute Gasteiger partial charge is 0.462 e. The number of rotatable bonds is 6. The number of nitrogens with two attached hydrogens (primary N) is 1. The summed E-state index contributed by atoms with van der Waals surface area (Å²) in [7, 11) is -3.85. The fourth-order valence-corrected chi connectivity index (χ4v) is 2.70. The van der Waals surface area contributed by atoms with Gasteiger partial charge >= 0.3 is 5.97 Å². The van der Waals surface area contributed by atoms with E-state index in [1.807, 2.05) is 6.92 Å². The van der Waals surface area contributed by atoms with Crippen LogP contribution in [0.4, 0.5) is 0 Å². The second-order valence-corrected chi connectivity index (χ2v) is 7.01. The Morgan fingerprint density at radius 1 is 1.33 bits per heavy atom. The molecule has 0 aliphatic rings. The van der Waals surface area contributed by atoms with E-state index < -0.39 is 16.0 Å². The molecule has 21 heavy (non-hydrogen) atoms. The predicted octanol–water partition coefficient (Wildman–Crippen LogP) is 2.54. The number of hydrogen-bond acceptors (Lipinski definition) is 4. The van der Waals surface area contributed by atoms with Gasteiger partial charge in [0.25, 0.3) is 0 Å². The van der Waals surface area contributed by atoms with E-state index in [-0.39, 0.29) is 16.4 Å². The van der Waals surface area contributed by atoms with Crippen molar-refractivity contribution in [1.82, 2.24) is 0 Å². The normalized spacial score (nSPS) is 13.0. The Labute approximate surface area is 126 Å². The predicted molar refractivity (Wildman–Crippen MR) is 81.6 cm³/mol. The number of carbonyl (C=O) groups is 1. The van der Waals surface area contributed by atoms with Gasteiger partial charge in [-0.15, -0.1) is 0 Å². The maximum Gasteiger partial charge on any atom is 0.338 e. The molecule has 2 N–H and O–H groups in total. The molecular formula is C15H23NO4S. The van der Waals surface area contributed by atoms with Crippen molar-refractivity contribution in [1.29, 1.82) is 0 Å². The summed E-state index contributed by atoms with van der Waals surface area (Å²) in [6.07, 6.45) is 2.00. The van der Waals surface area contributed by atoms with E-state index in [4.69, 9.17) is 9.88 Å². The maximum atomic E-state index is 12.1. The first-order valence-electron chi connectivity index (χ1n) is 6.98. The number of benzene rings is 1. The lowest BCUT2D eigenvalue weighted by atomic mass is 10.0. The lowest BCUT2D eigenvalue weighted by Gasteiger charge is -2.14. The smallest absolute Gasteiger partial charge is 0.338 e. The number of sulfonamides is 1. The zero-order valence-corrected chi connectivity index (χ0v) is 13.8.